The lowest BCUT2D eigenvalue weighted by molar-refractivity contribution is 0.225. The zero-order chi connectivity index (χ0) is 10.3. The predicted octanol–water partition coefficient (Wildman–Crippen LogP) is 2.15. The molecule has 0 aromatic carbocycles. The number of hydrogen-bond acceptors (Lipinski definition) is 4. The summed E-state index contributed by atoms with van der Waals surface area (Å²) >= 11 is 0. The number of aliphatic hydroxyl groups is 1. The first-order chi connectivity index (χ1) is 6.04. The second-order valence-electron chi connectivity index (χ2n) is 2.46. The van der Waals surface area contributed by atoms with Crippen molar-refractivity contribution in [2.75, 3.05) is 13.2 Å². The minimum Gasteiger partial charge on any atom is -0.389 e. The fourth-order valence-corrected chi connectivity index (χ4v) is 2.14. The molecule has 0 fully saturated rings. The Balaban J connectivity index is 4.31. The highest BCUT2D eigenvalue weighted by Crippen LogP contribution is 2.49. The average Bonchev–Trinajstić information content (AvgIpc) is 2.02. The molecule has 0 aromatic heterocycles. The Morgan fingerprint density at radius 2 is 1.85 bits per heavy atom. The van der Waals surface area contributed by atoms with E-state index in [-0.39, 0.29) is 0 Å². The van der Waals surface area contributed by atoms with Crippen LogP contribution in [0.25, 0.3) is 0 Å². The molecule has 0 aliphatic heterocycles. The average molecular weight is 208 g/mol. The van der Waals surface area contributed by atoms with Crippen LogP contribution >= 0.6 is 7.60 Å². The molecule has 0 heterocycles. The van der Waals surface area contributed by atoms with E-state index in [0.29, 0.717) is 13.2 Å². The molecule has 0 saturated carbocycles. The normalized spacial score (nSPS) is 15.1. The Kier molecular flexibility index (Phi) is 6.25. The van der Waals surface area contributed by atoms with Gasteiger partial charge in [0, 0.05) is 5.82 Å². The fourth-order valence-electron chi connectivity index (χ4n) is 0.713. The molecule has 13 heavy (non-hydrogen) atoms. The van der Waals surface area contributed by atoms with Crippen molar-refractivity contribution in [2.24, 2.45) is 0 Å². The van der Waals surface area contributed by atoms with Crippen molar-refractivity contribution < 1.29 is 18.7 Å². The van der Waals surface area contributed by atoms with E-state index in [1.54, 1.807) is 20.8 Å². The van der Waals surface area contributed by atoms with Gasteiger partial charge in [-0.05, 0) is 26.8 Å². The summed E-state index contributed by atoms with van der Waals surface area (Å²) in [4.78, 5) is 0. The summed E-state index contributed by atoms with van der Waals surface area (Å²) < 4.78 is 21.6. The molecular formula is C8H17O4P. The van der Waals surface area contributed by atoms with Crippen LogP contribution in [-0.2, 0) is 13.6 Å². The summed E-state index contributed by atoms with van der Waals surface area (Å²) in [5, 5.41) is 8.93. The lowest BCUT2D eigenvalue weighted by Gasteiger charge is -2.12. The lowest BCUT2D eigenvalue weighted by Crippen LogP contribution is -1.96. The third-order valence-corrected chi connectivity index (χ3v) is 2.94. The molecule has 0 unspecified atom stereocenters. The second-order valence-corrected chi connectivity index (χ2v) is 4.35. The van der Waals surface area contributed by atoms with E-state index in [4.69, 9.17) is 14.2 Å². The number of rotatable bonds is 6. The van der Waals surface area contributed by atoms with Gasteiger partial charge in [-0.25, -0.2) is 0 Å². The molecule has 0 amide bonds. The van der Waals surface area contributed by atoms with Gasteiger partial charge in [0.25, 0.3) is 0 Å². The molecular weight excluding hydrogens is 191 g/mol. The van der Waals surface area contributed by atoms with E-state index in [0.717, 1.165) is 0 Å². The van der Waals surface area contributed by atoms with Crippen LogP contribution in [0.2, 0.25) is 0 Å². The summed E-state index contributed by atoms with van der Waals surface area (Å²) in [5.41, 5.74) is 0. The van der Waals surface area contributed by atoms with E-state index >= 15 is 0 Å². The summed E-state index contributed by atoms with van der Waals surface area (Å²) in [7, 11) is -3.11. The zero-order valence-corrected chi connectivity index (χ0v) is 9.16. The van der Waals surface area contributed by atoms with Crippen molar-refractivity contribution in [1.29, 1.82) is 0 Å². The summed E-state index contributed by atoms with van der Waals surface area (Å²) in [6.45, 7) is 5.69. The Morgan fingerprint density at radius 1 is 1.38 bits per heavy atom. The summed E-state index contributed by atoms with van der Waals surface area (Å²) in [6.07, 6.45) is 0.751. The van der Waals surface area contributed by atoms with Gasteiger partial charge in [0.2, 0.25) is 0 Å². The molecule has 0 radical (unpaired) electrons. The predicted molar refractivity (Wildman–Crippen MR) is 51.7 cm³/mol. The van der Waals surface area contributed by atoms with E-state index in [2.05, 4.69) is 0 Å². The monoisotopic (exact) mass is 208 g/mol. The molecule has 78 valence electrons. The lowest BCUT2D eigenvalue weighted by atomic mass is 10.4. The Morgan fingerprint density at radius 3 is 2.15 bits per heavy atom. The summed E-state index contributed by atoms with van der Waals surface area (Å²) in [5.74, 6) is 1.30. The molecule has 1 N–H and O–H groups in total. The molecule has 0 saturated heterocycles. The molecule has 0 aromatic rings. The van der Waals surface area contributed by atoms with Gasteiger partial charge < -0.3 is 14.2 Å². The highest BCUT2D eigenvalue weighted by Gasteiger charge is 2.18. The molecule has 0 bridgehead atoms. The van der Waals surface area contributed by atoms with Crippen LogP contribution in [0.4, 0.5) is 0 Å². The Bertz CT molecular complexity index is 190. The maximum atomic E-state index is 11.7. The Labute approximate surface area is 79.1 Å². The van der Waals surface area contributed by atoms with E-state index < -0.39 is 13.7 Å². The minimum absolute atomic E-state index is 0.321. The quantitative estimate of drug-likeness (QED) is 0.679. The van der Waals surface area contributed by atoms with Gasteiger partial charge in [-0.1, -0.05) is 0 Å². The first-order valence-electron chi connectivity index (χ1n) is 4.30. The summed E-state index contributed by atoms with van der Waals surface area (Å²) in [6, 6.07) is 0. The van der Waals surface area contributed by atoms with Crippen molar-refractivity contribution in [3.8, 4) is 0 Å². The zero-order valence-electron chi connectivity index (χ0n) is 8.27. The van der Waals surface area contributed by atoms with Crippen LogP contribution in [0.5, 0.6) is 0 Å². The van der Waals surface area contributed by atoms with Crippen LogP contribution < -0.4 is 0 Å². The van der Waals surface area contributed by atoms with Gasteiger partial charge in [-0.15, -0.1) is 0 Å². The molecule has 1 atom stereocenters. The molecule has 5 heteroatoms. The fraction of sp³-hybridized carbons (Fsp3) is 0.750. The van der Waals surface area contributed by atoms with Gasteiger partial charge in [-0.3, -0.25) is 4.57 Å². The van der Waals surface area contributed by atoms with Crippen LogP contribution in [-0.4, -0.2) is 24.4 Å². The largest absolute Gasteiger partial charge is 0.389 e. The second kappa shape index (κ2) is 6.33. The topological polar surface area (TPSA) is 55.8 Å². The van der Waals surface area contributed by atoms with Gasteiger partial charge in [-0.2, -0.15) is 0 Å². The minimum atomic E-state index is -3.11. The van der Waals surface area contributed by atoms with Gasteiger partial charge in [0.15, 0.2) is 0 Å². The first kappa shape index (κ1) is 12.8. The van der Waals surface area contributed by atoms with E-state index in [9.17, 15) is 4.57 Å². The molecule has 0 aliphatic rings. The van der Waals surface area contributed by atoms with Crippen molar-refractivity contribution >= 4 is 7.60 Å². The first-order valence-corrected chi connectivity index (χ1v) is 5.91. The highest BCUT2D eigenvalue weighted by molar-refractivity contribution is 7.57. The maximum Gasteiger partial charge on any atom is 0.353 e. The molecule has 0 spiro atoms. The van der Waals surface area contributed by atoms with Crippen LogP contribution in [0.3, 0.4) is 0 Å². The van der Waals surface area contributed by atoms with Crippen LogP contribution in [0.15, 0.2) is 11.9 Å². The van der Waals surface area contributed by atoms with Crippen molar-refractivity contribution in [3.63, 3.8) is 0 Å². The van der Waals surface area contributed by atoms with Gasteiger partial charge in [0.05, 0.1) is 19.3 Å². The van der Waals surface area contributed by atoms with Gasteiger partial charge >= 0.3 is 7.60 Å². The van der Waals surface area contributed by atoms with Crippen molar-refractivity contribution in [1.82, 2.24) is 0 Å². The molecule has 0 aliphatic carbocycles. The third-order valence-electron chi connectivity index (χ3n) is 1.17. The standard InChI is InChI=1S/C8H17O4P/c1-4-11-13(10,12-5-2)7-6-8(3)9/h6-9H,4-5H2,1-3H3/t8-/m0/s1. The maximum absolute atomic E-state index is 11.7. The van der Waals surface area contributed by atoms with Crippen LogP contribution in [0, 0.1) is 0 Å². The smallest absolute Gasteiger partial charge is 0.353 e. The van der Waals surface area contributed by atoms with Gasteiger partial charge in [0.1, 0.15) is 0 Å². The van der Waals surface area contributed by atoms with Crippen molar-refractivity contribution in [2.45, 2.75) is 26.9 Å². The Hall–Kier alpha value is -0.150. The van der Waals surface area contributed by atoms with Crippen LogP contribution in [0.1, 0.15) is 20.8 Å². The highest BCUT2D eigenvalue weighted by atomic mass is 31.2. The van der Waals surface area contributed by atoms with E-state index in [1.165, 1.54) is 11.9 Å². The van der Waals surface area contributed by atoms with Crippen molar-refractivity contribution in [3.05, 3.63) is 11.9 Å². The molecule has 4 nitrogen and oxygen atoms in total. The van der Waals surface area contributed by atoms with E-state index in [1.807, 2.05) is 0 Å². The molecule has 0 rings (SSSR count). The number of hydrogen-bond donors (Lipinski definition) is 1. The third kappa shape index (κ3) is 5.99. The number of aliphatic hydroxyl groups excluding tert-OH is 1. The SMILES string of the molecule is CCOP(=O)(C=C[C@H](C)O)OCC.